The minimum absolute atomic E-state index is 0.0824. The molecule has 1 nitrogen and oxygen atoms in total. The Bertz CT molecular complexity index is 1770. The van der Waals surface area contributed by atoms with Crippen molar-refractivity contribution in [3.63, 3.8) is 0 Å². The maximum atomic E-state index is 3.98. The summed E-state index contributed by atoms with van der Waals surface area (Å²) in [6.07, 6.45) is 6.30. The Morgan fingerprint density at radius 3 is 2.29 bits per heavy atom. The quantitative estimate of drug-likeness (QED) is 0.246. The predicted molar refractivity (Wildman–Crippen MR) is 167 cm³/mol. The maximum absolute atomic E-state index is 3.98. The number of nitrogens with zero attached hydrogens (tertiary/aromatic N) is 1. The molecule has 0 aliphatic carbocycles. The highest BCUT2D eigenvalue weighted by molar-refractivity contribution is 8.03. The van der Waals surface area contributed by atoms with Crippen LogP contribution in [-0.2, 0) is 5.41 Å². The Morgan fingerprint density at radius 1 is 0.763 bits per heavy atom. The summed E-state index contributed by atoms with van der Waals surface area (Å²) in [7, 11) is 0. The number of hydrogen-bond donors (Lipinski definition) is 0. The zero-order chi connectivity index (χ0) is 25.8. The van der Waals surface area contributed by atoms with E-state index in [9.17, 15) is 0 Å². The van der Waals surface area contributed by atoms with Crippen LogP contribution in [0.5, 0.6) is 0 Å². The van der Waals surface area contributed by atoms with Crippen LogP contribution in [0.25, 0.3) is 0 Å². The first-order valence-corrected chi connectivity index (χ1v) is 14.3. The van der Waals surface area contributed by atoms with Gasteiger partial charge in [-0.3, -0.25) is 0 Å². The van der Waals surface area contributed by atoms with E-state index in [0.717, 1.165) is 0 Å². The normalized spacial score (nSPS) is 17.2. The van der Waals surface area contributed by atoms with Gasteiger partial charge >= 0.3 is 0 Å². The van der Waals surface area contributed by atoms with Crippen LogP contribution in [0.1, 0.15) is 31.9 Å². The molecule has 4 aliphatic rings. The van der Waals surface area contributed by atoms with Gasteiger partial charge in [0.25, 0.3) is 0 Å². The number of para-hydroxylation sites is 1. The Morgan fingerprint density at radius 2 is 1.50 bits per heavy atom. The van der Waals surface area contributed by atoms with Crippen molar-refractivity contribution in [3.8, 4) is 0 Å². The minimum atomic E-state index is -0.0824. The van der Waals surface area contributed by atoms with E-state index in [1.54, 1.807) is 5.46 Å². The molecule has 180 valence electrons. The molecule has 0 radical (unpaired) electrons. The van der Waals surface area contributed by atoms with Gasteiger partial charge in [0.05, 0.1) is 0 Å². The number of benzene rings is 4. The largest absolute Gasteiger partial charge is 0.312 e. The van der Waals surface area contributed by atoms with Crippen LogP contribution in [0.2, 0.25) is 0 Å². The summed E-state index contributed by atoms with van der Waals surface area (Å²) in [5, 5.41) is 0. The van der Waals surface area contributed by atoms with Gasteiger partial charge in [0, 0.05) is 27.4 Å². The summed E-state index contributed by atoms with van der Waals surface area (Å²) in [6.45, 7) is 11.6. The Kier molecular flexibility index (Phi) is 4.54. The maximum Gasteiger partial charge on any atom is 0.246 e. The molecule has 0 N–H and O–H groups in total. The zero-order valence-corrected chi connectivity index (χ0v) is 22.8. The molecule has 0 fully saturated rings. The van der Waals surface area contributed by atoms with Crippen molar-refractivity contribution in [1.29, 1.82) is 0 Å². The second-order valence-electron chi connectivity index (χ2n) is 11.3. The average molecular weight is 503 g/mol. The number of anilines is 3. The van der Waals surface area contributed by atoms with Crippen molar-refractivity contribution >= 4 is 69.6 Å². The first-order valence-electron chi connectivity index (χ1n) is 13.5. The molecule has 0 aromatic heterocycles. The number of rotatable bonds is 3. The van der Waals surface area contributed by atoms with Crippen LogP contribution in [-0.4, -0.2) is 13.4 Å². The Balaban J connectivity index is 1.55. The molecule has 0 saturated heterocycles. The molecule has 0 atom stereocenters. The van der Waals surface area contributed by atoms with Gasteiger partial charge in [0.15, 0.2) is 0 Å². The third kappa shape index (κ3) is 2.67. The molecule has 0 amide bonds. The van der Waals surface area contributed by atoms with Crippen molar-refractivity contribution in [1.82, 2.24) is 0 Å². The second-order valence-corrected chi connectivity index (χ2v) is 12.6. The average Bonchev–Trinajstić information content (AvgIpc) is 2.93. The van der Waals surface area contributed by atoms with E-state index in [2.05, 4.69) is 123 Å². The lowest BCUT2D eigenvalue weighted by atomic mass is 9.18. The number of hydrogen-bond acceptors (Lipinski definition) is 2. The van der Waals surface area contributed by atoms with Gasteiger partial charge in [0.1, 0.15) is 0 Å². The molecule has 0 unspecified atom stereocenters. The molecular weight excluding hydrogens is 476 g/mol. The third-order valence-electron chi connectivity index (χ3n) is 9.15. The smallest absolute Gasteiger partial charge is 0.246 e. The van der Waals surface area contributed by atoms with Gasteiger partial charge in [-0.25, -0.2) is 0 Å². The lowest BCUT2D eigenvalue weighted by Crippen LogP contribution is -2.78. The van der Waals surface area contributed by atoms with Gasteiger partial charge in [-0.15, -0.1) is 0 Å². The van der Waals surface area contributed by atoms with Gasteiger partial charge < -0.3 is 4.90 Å². The molecule has 4 aromatic rings. The van der Waals surface area contributed by atoms with E-state index in [0.29, 0.717) is 0 Å². The summed E-state index contributed by atoms with van der Waals surface area (Å²) in [4.78, 5) is 5.31. The fourth-order valence-corrected chi connectivity index (χ4v) is 8.75. The van der Waals surface area contributed by atoms with Crippen molar-refractivity contribution in [3.05, 3.63) is 125 Å². The van der Waals surface area contributed by atoms with E-state index >= 15 is 0 Å². The van der Waals surface area contributed by atoms with Crippen LogP contribution in [0.4, 0.5) is 17.1 Å². The monoisotopic (exact) mass is 503 g/mol. The van der Waals surface area contributed by atoms with Crippen molar-refractivity contribution < 1.29 is 0 Å². The molecule has 0 spiro atoms. The van der Waals surface area contributed by atoms with Gasteiger partial charge in [0.2, 0.25) is 13.4 Å². The first-order chi connectivity index (χ1) is 18.5. The van der Waals surface area contributed by atoms with Crippen LogP contribution < -0.4 is 32.2 Å². The number of thioether (sulfide) groups is 1. The van der Waals surface area contributed by atoms with Crippen LogP contribution in [0, 0.1) is 0 Å². The highest BCUT2D eigenvalue weighted by Gasteiger charge is 2.53. The van der Waals surface area contributed by atoms with E-state index < -0.39 is 0 Å². The summed E-state index contributed by atoms with van der Waals surface area (Å²) in [5.41, 5.74) is 15.6. The molecule has 4 heteroatoms. The molecule has 38 heavy (non-hydrogen) atoms. The molecule has 4 aliphatic heterocycles. The number of allylic oxidation sites excluding steroid dienone is 5. The lowest BCUT2D eigenvalue weighted by molar-refractivity contribution is 0.646. The van der Waals surface area contributed by atoms with Gasteiger partial charge in [-0.2, -0.15) is 0 Å². The van der Waals surface area contributed by atoms with Crippen LogP contribution in [0.15, 0.2) is 119 Å². The van der Waals surface area contributed by atoms with E-state index in [4.69, 9.17) is 0 Å². The molecule has 4 heterocycles. The second kappa shape index (κ2) is 7.71. The van der Waals surface area contributed by atoms with Gasteiger partial charge in [-0.05, 0) is 64.2 Å². The summed E-state index contributed by atoms with van der Waals surface area (Å²) < 4.78 is 0. The lowest BCUT2D eigenvalue weighted by Gasteiger charge is -2.50. The standard InChI is InChI=1S/C34H27B2NS/c1-5-6-15-25-21(2)38-29-20-19-24-31-33(29)35(25)26-16-11-18-28-32(26)36(31)30-23(34(24,3)4)14-10-17-27(30)37(28)22-12-8-7-9-13-22/h5-20H,1H2,2-4H3/b15-6-. The van der Waals surface area contributed by atoms with Crippen molar-refractivity contribution in [2.45, 2.75) is 31.1 Å². The van der Waals surface area contributed by atoms with E-state index in [1.807, 2.05) is 17.8 Å². The first kappa shape index (κ1) is 22.4. The van der Waals surface area contributed by atoms with Gasteiger partial charge in [-0.1, -0.05) is 121 Å². The molecule has 0 saturated carbocycles. The highest BCUT2D eigenvalue weighted by atomic mass is 32.2. The summed E-state index contributed by atoms with van der Waals surface area (Å²) in [6, 6.07) is 29.7. The van der Waals surface area contributed by atoms with Crippen molar-refractivity contribution in [2.24, 2.45) is 0 Å². The molecular formula is C34H27B2NS. The fraction of sp³-hybridized carbons (Fsp3) is 0.118. The van der Waals surface area contributed by atoms with E-state index in [-0.39, 0.29) is 18.8 Å². The molecule has 0 bridgehead atoms. The third-order valence-corrected chi connectivity index (χ3v) is 10.3. The SMILES string of the molecule is C=C/C=C\C1=C(C)Sc2ccc3c4c2B1c1cccc2c1B4c1c(cccc1C3(C)C)N2c1ccccc1. The Hall–Kier alpha value is -3.62. The van der Waals surface area contributed by atoms with Crippen molar-refractivity contribution in [2.75, 3.05) is 4.90 Å². The van der Waals surface area contributed by atoms with Crippen LogP contribution >= 0.6 is 11.8 Å². The van der Waals surface area contributed by atoms with Crippen LogP contribution in [0.3, 0.4) is 0 Å². The van der Waals surface area contributed by atoms with E-state index in [1.165, 1.54) is 65.3 Å². The number of fused-ring (bicyclic) bond motifs is 1. The zero-order valence-electron chi connectivity index (χ0n) is 22.0. The summed E-state index contributed by atoms with van der Waals surface area (Å²) >= 11 is 1.94. The minimum Gasteiger partial charge on any atom is -0.312 e. The summed E-state index contributed by atoms with van der Waals surface area (Å²) in [5.74, 6) is 0. The fourth-order valence-electron chi connectivity index (χ4n) is 7.64. The highest BCUT2D eigenvalue weighted by Crippen LogP contribution is 2.44. The molecule has 8 rings (SSSR count). The molecule has 4 aromatic carbocycles. The predicted octanol–water partition coefficient (Wildman–Crippen LogP) is 5.21. The Labute approximate surface area is 230 Å². The topological polar surface area (TPSA) is 3.24 Å².